The van der Waals surface area contributed by atoms with Crippen molar-refractivity contribution in [1.29, 1.82) is 0 Å². The van der Waals surface area contributed by atoms with Gasteiger partial charge in [-0.3, -0.25) is 9.59 Å². The summed E-state index contributed by atoms with van der Waals surface area (Å²) < 4.78 is 7.49. The van der Waals surface area contributed by atoms with Crippen molar-refractivity contribution in [1.82, 2.24) is 9.47 Å². The van der Waals surface area contributed by atoms with E-state index in [9.17, 15) is 9.59 Å². The topological polar surface area (TPSA) is 51.5 Å². The van der Waals surface area contributed by atoms with Crippen LogP contribution in [0.1, 0.15) is 56.4 Å². The molecule has 2 aliphatic carbocycles. The third-order valence-electron chi connectivity index (χ3n) is 7.27. The summed E-state index contributed by atoms with van der Waals surface area (Å²) in [4.78, 5) is 29.3. The molecule has 0 unspecified atom stereocenters. The molecule has 0 saturated heterocycles. The van der Waals surface area contributed by atoms with E-state index in [1.54, 1.807) is 7.11 Å². The van der Waals surface area contributed by atoms with Crippen LogP contribution in [0.15, 0.2) is 65.7 Å². The maximum Gasteiger partial charge on any atom is 0.161 e. The Labute approximate surface area is 195 Å². The zero-order valence-electron chi connectivity index (χ0n) is 19.4. The van der Waals surface area contributed by atoms with Crippen molar-refractivity contribution in [3.05, 3.63) is 71.2 Å². The van der Waals surface area contributed by atoms with E-state index < -0.39 is 0 Å². The molecule has 0 bridgehead atoms. The monoisotopic (exact) mass is 444 g/mol. The van der Waals surface area contributed by atoms with Crippen molar-refractivity contribution in [2.24, 2.45) is 0 Å². The number of para-hydroxylation sites is 1. The number of allylic oxidation sites excluding steroid dienone is 5. The predicted octanol–water partition coefficient (Wildman–Crippen LogP) is 5.28. The number of carbonyl (C=O) groups is 2. The molecule has 0 radical (unpaired) electrons. The van der Waals surface area contributed by atoms with Gasteiger partial charge in [0.2, 0.25) is 0 Å². The molecular weight excluding hydrogens is 412 g/mol. The fourth-order valence-corrected chi connectivity index (χ4v) is 5.96. The normalized spacial score (nSPS) is 19.4. The van der Waals surface area contributed by atoms with E-state index in [2.05, 4.69) is 34.4 Å². The molecule has 0 fully saturated rings. The van der Waals surface area contributed by atoms with Gasteiger partial charge in [0.15, 0.2) is 11.6 Å². The molecule has 0 N–H and O–H groups in total. The Kier molecular flexibility index (Phi) is 6.07. The van der Waals surface area contributed by atoms with Crippen LogP contribution in [-0.4, -0.2) is 41.3 Å². The highest BCUT2D eigenvalue weighted by molar-refractivity contribution is 6.07. The number of hydrogen-bond donors (Lipinski definition) is 0. The number of ether oxygens (including phenoxy) is 1. The summed E-state index contributed by atoms with van der Waals surface area (Å²) in [6, 6.07) is 8.31. The minimum absolute atomic E-state index is 0.198. The standard InChI is InChI=1S/C28H32N2O3/c1-3-15-29-18-20(19-9-4-5-10-21(19)29)26-27-22(11-6-13-24(27)31)30(16-8-17-33-2)23-12-7-14-25(32)28(23)26/h3-5,9-10,18,26H,1,6-8,11-17H2,2H3. The molecule has 2 heterocycles. The van der Waals surface area contributed by atoms with Crippen LogP contribution in [0.5, 0.6) is 0 Å². The molecule has 1 aromatic carbocycles. The molecule has 5 rings (SSSR count). The number of fused-ring (bicyclic) bond motifs is 1. The minimum atomic E-state index is -0.273. The van der Waals surface area contributed by atoms with Gasteiger partial charge < -0.3 is 14.2 Å². The van der Waals surface area contributed by atoms with Gasteiger partial charge in [0.05, 0.1) is 0 Å². The number of Topliss-reactive ketones (excluding diaryl/α,β-unsaturated/α-hetero) is 2. The number of aromatic nitrogens is 1. The molecule has 5 nitrogen and oxygen atoms in total. The molecule has 5 heteroatoms. The second kappa shape index (κ2) is 9.14. The maximum absolute atomic E-state index is 13.5. The van der Waals surface area contributed by atoms with E-state index in [1.165, 1.54) is 0 Å². The molecule has 0 amide bonds. The first-order valence-corrected chi connectivity index (χ1v) is 12.1. The van der Waals surface area contributed by atoms with Crippen LogP contribution in [0, 0.1) is 0 Å². The number of methoxy groups -OCH3 is 1. The zero-order valence-corrected chi connectivity index (χ0v) is 19.4. The Hall–Kier alpha value is -2.92. The van der Waals surface area contributed by atoms with Crippen LogP contribution in [0.3, 0.4) is 0 Å². The summed E-state index contributed by atoms with van der Waals surface area (Å²) in [5.74, 6) is 0.122. The smallest absolute Gasteiger partial charge is 0.161 e. The number of carbonyl (C=O) groups excluding carboxylic acids is 2. The third-order valence-corrected chi connectivity index (χ3v) is 7.27. The van der Waals surface area contributed by atoms with Crippen LogP contribution in [-0.2, 0) is 20.9 Å². The first-order valence-electron chi connectivity index (χ1n) is 12.1. The van der Waals surface area contributed by atoms with E-state index in [1.807, 2.05) is 18.2 Å². The van der Waals surface area contributed by atoms with Crippen LogP contribution < -0.4 is 0 Å². The van der Waals surface area contributed by atoms with Crippen LogP contribution in [0.2, 0.25) is 0 Å². The van der Waals surface area contributed by atoms with Gasteiger partial charge in [-0.05, 0) is 43.7 Å². The van der Waals surface area contributed by atoms with Gasteiger partial charge >= 0.3 is 0 Å². The second-order valence-corrected chi connectivity index (χ2v) is 9.25. The molecule has 33 heavy (non-hydrogen) atoms. The summed E-state index contributed by atoms with van der Waals surface area (Å²) in [5.41, 5.74) is 6.19. The first kappa shape index (κ1) is 21.9. The van der Waals surface area contributed by atoms with Crippen molar-refractivity contribution in [3.63, 3.8) is 0 Å². The molecule has 0 atom stereocenters. The Morgan fingerprint density at radius 1 is 1.03 bits per heavy atom. The van der Waals surface area contributed by atoms with Gasteiger partial charge in [-0.1, -0.05) is 24.3 Å². The van der Waals surface area contributed by atoms with Crippen molar-refractivity contribution in [2.45, 2.75) is 57.4 Å². The predicted molar refractivity (Wildman–Crippen MR) is 130 cm³/mol. The van der Waals surface area contributed by atoms with Crippen molar-refractivity contribution in [2.75, 3.05) is 20.3 Å². The molecule has 0 saturated carbocycles. The Morgan fingerprint density at radius 3 is 2.33 bits per heavy atom. The summed E-state index contributed by atoms with van der Waals surface area (Å²) in [6.45, 7) is 6.07. The van der Waals surface area contributed by atoms with Gasteiger partial charge in [-0.2, -0.15) is 0 Å². The number of ketones is 2. The number of hydrogen-bond acceptors (Lipinski definition) is 4. The number of rotatable bonds is 7. The summed E-state index contributed by atoms with van der Waals surface area (Å²) in [7, 11) is 1.72. The van der Waals surface area contributed by atoms with E-state index in [0.29, 0.717) is 26.0 Å². The van der Waals surface area contributed by atoms with Gasteiger partial charge in [0.25, 0.3) is 0 Å². The quantitative estimate of drug-likeness (QED) is 0.431. The fraction of sp³-hybridized carbons (Fsp3) is 0.429. The highest BCUT2D eigenvalue weighted by Gasteiger charge is 2.43. The van der Waals surface area contributed by atoms with E-state index in [4.69, 9.17) is 4.74 Å². The summed E-state index contributed by atoms with van der Waals surface area (Å²) >= 11 is 0. The third kappa shape index (κ3) is 3.68. The molecule has 1 aliphatic heterocycles. The maximum atomic E-state index is 13.5. The van der Waals surface area contributed by atoms with E-state index in [0.717, 1.165) is 77.7 Å². The highest BCUT2D eigenvalue weighted by Crippen LogP contribution is 2.50. The fourth-order valence-electron chi connectivity index (χ4n) is 5.96. The molecule has 172 valence electrons. The second-order valence-electron chi connectivity index (χ2n) is 9.25. The molecule has 0 spiro atoms. The lowest BCUT2D eigenvalue weighted by Gasteiger charge is -2.44. The van der Waals surface area contributed by atoms with Crippen molar-refractivity contribution < 1.29 is 14.3 Å². The largest absolute Gasteiger partial charge is 0.385 e. The van der Waals surface area contributed by atoms with Gasteiger partial charge in [-0.25, -0.2) is 0 Å². The lowest BCUT2D eigenvalue weighted by atomic mass is 9.71. The average Bonchev–Trinajstić information content (AvgIpc) is 3.18. The van der Waals surface area contributed by atoms with Gasteiger partial charge in [0.1, 0.15) is 0 Å². The summed E-state index contributed by atoms with van der Waals surface area (Å²) in [6.07, 6.45) is 9.56. The Bertz CT molecular complexity index is 1140. The lowest BCUT2D eigenvalue weighted by molar-refractivity contribution is -0.117. The highest BCUT2D eigenvalue weighted by atomic mass is 16.5. The van der Waals surface area contributed by atoms with Crippen molar-refractivity contribution >= 4 is 22.5 Å². The molecule has 2 aromatic rings. The van der Waals surface area contributed by atoms with Crippen LogP contribution in [0.4, 0.5) is 0 Å². The van der Waals surface area contributed by atoms with Gasteiger partial charge in [-0.15, -0.1) is 6.58 Å². The number of nitrogens with zero attached hydrogens (tertiary/aromatic N) is 2. The molecule has 1 aromatic heterocycles. The molecule has 3 aliphatic rings. The minimum Gasteiger partial charge on any atom is -0.385 e. The van der Waals surface area contributed by atoms with E-state index in [-0.39, 0.29) is 17.5 Å². The zero-order chi connectivity index (χ0) is 22.9. The Balaban J connectivity index is 1.74. The lowest BCUT2D eigenvalue weighted by Crippen LogP contribution is -2.39. The van der Waals surface area contributed by atoms with Gasteiger partial charge in [0, 0.05) is 85.2 Å². The van der Waals surface area contributed by atoms with Crippen LogP contribution in [0.25, 0.3) is 10.9 Å². The SMILES string of the molecule is C=CCn1cc(C2C3=C(CCCC3=O)N(CCCOC)C3=C2C(=O)CCC3)c2ccccc21. The average molecular weight is 445 g/mol. The number of benzene rings is 1. The first-order chi connectivity index (χ1) is 16.2. The Morgan fingerprint density at radius 2 is 1.70 bits per heavy atom. The van der Waals surface area contributed by atoms with Crippen LogP contribution >= 0.6 is 0 Å². The van der Waals surface area contributed by atoms with E-state index >= 15 is 0 Å². The summed E-state index contributed by atoms with van der Waals surface area (Å²) in [5, 5.41) is 1.12. The van der Waals surface area contributed by atoms with Crippen molar-refractivity contribution in [3.8, 4) is 0 Å². The molecular formula is C28H32N2O3.